The highest BCUT2D eigenvalue weighted by atomic mass is 19.3. The molecule has 0 bridgehead atoms. The number of benzene rings is 1. The molecular formula is C16H23F2NO2. The molecule has 0 heterocycles. The number of aliphatic hydroxyl groups excluding tert-OH is 1. The van der Waals surface area contributed by atoms with E-state index < -0.39 is 6.61 Å². The zero-order valence-electron chi connectivity index (χ0n) is 12.3. The van der Waals surface area contributed by atoms with Gasteiger partial charge in [0, 0.05) is 12.6 Å². The zero-order valence-corrected chi connectivity index (χ0v) is 12.3. The molecule has 3 nitrogen and oxygen atoms in total. The van der Waals surface area contributed by atoms with Crippen molar-refractivity contribution in [2.24, 2.45) is 5.92 Å². The molecule has 0 aromatic heterocycles. The van der Waals surface area contributed by atoms with E-state index >= 15 is 0 Å². The highest BCUT2D eigenvalue weighted by Gasteiger charge is 2.23. The fourth-order valence-corrected chi connectivity index (χ4v) is 2.81. The average Bonchev–Trinajstić information content (AvgIpc) is 2.46. The SMILES string of the molecule is CC(NCC1CCCCC1O)c1ccc(OC(F)F)cc1. The van der Waals surface area contributed by atoms with Crippen molar-refractivity contribution in [3.05, 3.63) is 29.8 Å². The van der Waals surface area contributed by atoms with Gasteiger partial charge in [0.15, 0.2) is 0 Å². The van der Waals surface area contributed by atoms with Gasteiger partial charge in [-0.05, 0) is 43.4 Å². The number of ether oxygens (including phenoxy) is 1. The molecule has 1 aliphatic rings. The number of nitrogens with one attached hydrogen (secondary N) is 1. The Kier molecular flexibility index (Phi) is 5.94. The Bertz CT molecular complexity index is 425. The second-order valence-electron chi connectivity index (χ2n) is 5.69. The summed E-state index contributed by atoms with van der Waals surface area (Å²) in [4.78, 5) is 0. The van der Waals surface area contributed by atoms with Crippen molar-refractivity contribution in [2.75, 3.05) is 6.54 Å². The number of aliphatic hydroxyl groups is 1. The lowest BCUT2D eigenvalue weighted by Crippen LogP contribution is -2.34. The van der Waals surface area contributed by atoms with E-state index in [1.54, 1.807) is 24.3 Å². The van der Waals surface area contributed by atoms with Crippen LogP contribution >= 0.6 is 0 Å². The second-order valence-corrected chi connectivity index (χ2v) is 5.69. The lowest BCUT2D eigenvalue weighted by atomic mass is 9.86. The molecule has 1 fully saturated rings. The predicted octanol–water partition coefficient (Wildman–Crippen LogP) is 3.49. The van der Waals surface area contributed by atoms with Gasteiger partial charge >= 0.3 is 6.61 Å². The fourth-order valence-electron chi connectivity index (χ4n) is 2.81. The van der Waals surface area contributed by atoms with E-state index in [1.165, 1.54) is 6.42 Å². The van der Waals surface area contributed by atoms with Crippen LogP contribution in [0.1, 0.15) is 44.2 Å². The van der Waals surface area contributed by atoms with Crippen molar-refractivity contribution < 1.29 is 18.6 Å². The van der Waals surface area contributed by atoms with E-state index in [0.29, 0.717) is 5.92 Å². The molecule has 2 rings (SSSR count). The maximum atomic E-state index is 12.1. The minimum atomic E-state index is -2.79. The molecule has 0 saturated heterocycles. The van der Waals surface area contributed by atoms with E-state index in [-0.39, 0.29) is 17.9 Å². The normalized spacial score (nSPS) is 24.0. The summed E-state index contributed by atoms with van der Waals surface area (Å²) in [7, 11) is 0. The Morgan fingerprint density at radius 1 is 1.24 bits per heavy atom. The largest absolute Gasteiger partial charge is 0.435 e. The molecule has 0 aliphatic heterocycles. The van der Waals surface area contributed by atoms with E-state index in [2.05, 4.69) is 10.1 Å². The minimum Gasteiger partial charge on any atom is -0.435 e. The van der Waals surface area contributed by atoms with Gasteiger partial charge in [0.25, 0.3) is 0 Å². The van der Waals surface area contributed by atoms with Gasteiger partial charge in [-0.1, -0.05) is 25.0 Å². The smallest absolute Gasteiger partial charge is 0.387 e. The van der Waals surface area contributed by atoms with E-state index in [9.17, 15) is 13.9 Å². The third kappa shape index (κ3) is 4.93. The van der Waals surface area contributed by atoms with Crippen LogP contribution in [0.25, 0.3) is 0 Å². The first-order valence-electron chi connectivity index (χ1n) is 7.52. The topological polar surface area (TPSA) is 41.5 Å². The summed E-state index contributed by atoms with van der Waals surface area (Å²) in [6.45, 7) is 0.00897. The molecule has 1 aliphatic carbocycles. The molecule has 0 amide bonds. The van der Waals surface area contributed by atoms with Gasteiger partial charge in [0.2, 0.25) is 0 Å². The van der Waals surface area contributed by atoms with Crippen molar-refractivity contribution in [2.45, 2.75) is 51.4 Å². The van der Waals surface area contributed by atoms with Crippen LogP contribution in [0, 0.1) is 5.92 Å². The fraction of sp³-hybridized carbons (Fsp3) is 0.625. The van der Waals surface area contributed by atoms with Crippen LogP contribution in [0.5, 0.6) is 5.75 Å². The van der Waals surface area contributed by atoms with Gasteiger partial charge in [0.1, 0.15) is 5.75 Å². The molecule has 0 spiro atoms. The van der Waals surface area contributed by atoms with Crippen LogP contribution < -0.4 is 10.1 Å². The average molecular weight is 299 g/mol. The molecule has 3 atom stereocenters. The van der Waals surface area contributed by atoms with E-state index in [0.717, 1.165) is 31.4 Å². The van der Waals surface area contributed by atoms with E-state index in [1.807, 2.05) is 6.92 Å². The molecule has 1 aromatic carbocycles. The Morgan fingerprint density at radius 2 is 1.90 bits per heavy atom. The van der Waals surface area contributed by atoms with Gasteiger partial charge in [-0.2, -0.15) is 8.78 Å². The summed E-state index contributed by atoms with van der Waals surface area (Å²) >= 11 is 0. The third-order valence-electron chi connectivity index (χ3n) is 4.16. The number of hydrogen-bond acceptors (Lipinski definition) is 3. The van der Waals surface area contributed by atoms with Crippen molar-refractivity contribution in [1.29, 1.82) is 0 Å². The minimum absolute atomic E-state index is 0.111. The molecule has 21 heavy (non-hydrogen) atoms. The summed E-state index contributed by atoms with van der Waals surface area (Å²) < 4.78 is 28.5. The van der Waals surface area contributed by atoms with Gasteiger partial charge in [-0.15, -0.1) is 0 Å². The molecule has 1 saturated carbocycles. The van der Waals surface area contributed by atoms with Crippen LogP contribution in [-0.2, 0) is 0 Å². The van der Waals surface area contributed by atoms with Crippen molar-refractivity contribution >= 4 is 0 Å². The molecule has 118 valence electrons. The van der Waals surface area contributed by atoms with Gasteiger partial charge < -0.3 is 15.2 Å². The maximum Gasteiger partial charge on any atom is 0.387 e. The van der Waals surface area contributed by atoms with Crippen LogP contribution in [0.2, 0.25) is 0 Å². The number of halogens is 2. The van der Waals surface area contributed by atoms with Gasteiger partial charge in [-0.3, -0.25) is 0 Å². The Hall–Kier alpha value is -1.20. The van der Waals surface area contributed by atoms with Crippen LogP contribution in [0.15, 0.2) is 24.3 Å². The predicted molar refractivity (Wildman–Crippen MR) is 77.5 cm³/mol. The highest BCUT2D eigenvalue weighted by molar-refractivity contribution is 5.28. The van der Waals surface area contributed by atoms with Crippen LogP contribution in [0.3, 0.4) is 0 Å². The maximum absolute atomic E-state index is 12.1. The molecular weight excluding hydrogens is 276 g/mol. The summed E-state index contributed by atoms with van der Waals surface area (Å²) in [5, 5.41) is 13.4. The number of hydrogen-bond donors (Lipinski definition) is 2. The van der Waals surface area contributed by atoms with Gasteiger partial charge in [0.05, 0.1) is 6.10 Å². The lowest BCUT2D eigenvalue weighted by Gasteiger charge is -2.29. The zero-order chi connectivity index (χ0) is 15.2. The van der Waals surface area contributed by atoms with E-state index in [4.69, 9.17) is 0 Å². The first kappa shape index (κ1) is 16.2. The number of alkyl halides is 2. The third-order valence-corrected chi connectivity index (χ3v) is 4.16. The summed E-state index contributed by atoms with van der Waals surface area (Å²) in [5.41, 5.74) is 1.02. The molecule has 5 heteroatoms. The van der Waals surface area contributed by atoms with Crippen molar-refractivity contribution in [1.82, 2.24) is 5.32 Å². The monoisotopic (exact) mass is 299 g/mol. The Morgan fingerprint density at radius 3 is 2.52 bits per heavy atom. The first-order chi connectivity index (χ1) is 10.1. The van der Waals surface area contributed by atoms with Crippen LogP contribution in [-0.4, -0.2) is 24.4 Å². The highest BCUT2D eigenvalue weighted by Crippen LogP contribution is 2.25. The summed E-state index contributed by atoms with van der Waals surface area (Å²) in [6, 6.07) is 6.78. The number of rotatable bonds is 6. The Balaban J connectivity index is 1.83. The second kappa shape index (κ2) is 7.71. The summed E-state index contributed by atoms with van der Waals surface area (Å²) in [6.07, 6.45) is 4.03. The lowest BCUT2D eigenvalue weighted by molar-refractivity contribution is -0.0498. The molecule has 1 aromatic rings. The van der Waals surface area contributed by atoms with Crippen molar-refractivity contribution in [3.8, 4) is 5.75 Å². The van der Waals surface area contributed by atoms with Gasteiger partial charge in [-0.25, -0.2) is 0 Å². The Labute approximate surface area is 124 Å². The summed E-state index contributed by atoms with van der Waals surface area (Å²) in [5.74, 6) is 0.478. The van der Waals surface area contributed by atoms with Crippen molar-refractivity contribution in [3.63, 3.8) is 0 Å². The molecule has 0 radical (unpaired) electrons. The first-order valence-corrected chi connectivity index (χ1v) is 7.52. The quantitative estimate of drug-likeness (QED) is 0.845. The van der Waals surface area contributed by atoms with Crippen LogP contribution in [0.4, 0.5) is 8.78 Å². The molecule has 2 N–H and O–H groups in total. The standard InChI is InChI=1S/C16H23F2NO2/c1-11(19-10-13-4-2-3-5-15(13)20)12-6-8-14(9-7-12)21-16(17)18/h6-9,11,13,15-16,19-20H,2-5,10H2,1H3. The molecule has 3 unspecified atom stereocenters.